The third-order valence-electron chi connectivity index (χ3n) is 3.41. The predicted octanol–water partition coefficient (Wildman–Crippen LogP) is 4.09. The fourth-order valence-corrected chi connectivity index (χ4v) is 2.80. The van der Waals surface area contributed by atoms with Crippen LogP contribution in [0.1, 0.15) is 5.69 Å². The number of hydrogen-bond acceptors (Lipinski definition) is 3. The Morgan fingerprint density at radius 1 is 1.05 bits per heavy atom. The van der Waals surface area contributed by atoms with Crippen molar-refractivity contribution in [1.29, 1.82) is 0 Å². The molecule has 0 saturated carbocycles. The molecule has 0 aliphatic carbocycles. The Labute approximate surface area is 131 Å². The zero-order chi connectivity index (χ0) is 15.0. The van der Waals surface area contributed by atoms with Gasteiger partial charge in [-0.25, -0.2) is 4.98 Å². The summed E-state index contributed by atoms with van der Waals surface area (Å²) in [6, 6.07) is 9.86. The van der Waals surface area contributed by atoms with Gasteiger partial charge >= 0.3 is 0 Å². The summed E-state index contributed by atoms with van der Waals surface area (Å²) in [4.78, 5) is 4.60. The molecule has 2 heterocycles. The van der Waals surface area contributed by atoms with Crippen molar-refractivity contribution in [1.82, 2.24) is 9.38 Å². The lowest BCUT2D eigenvalue weighted by Crippen LogP contribution is -1.93. The number of benzene rings is 1. The van der Waals surface area contributed by atoms with E-state index >= 15 is 0 Å². The lowest BCUT2D eigenvalue weighted by atomic mass is 10.1. The number of nitrogens with zero attached hydrogens (tertiary/aromatic N) is 2. The highest BCUT2D eigenvalue weighted by Crippen LogP contribution is 2.34. The van der Waals surface area contributed by atoms with Gasteiger partial charge in [0.15, 0.2) is 11.5 Å². The molecule has 0 unspecified atom stereocenters. The van der Waals surface area contributed by atoms with Gasteiger partial charge in [-0.2, -0.15) is 0 Å². The molecule has 0 N–H and O–H groups in total. The van der Waals surface area contributed by atoms with Crippen molar-refractivity contribution in [2.24, 2.45) is 0 Å². The first kappa shape index (κ1) is 13.9. The summed E-state index contributed by atoms with van der Waals surface area (Å²) >= 11 is 3.51. The third kappa shape index (κ3) is 2.38. The van der Waals surface area contributed by atoms with E-state index in [1.165, 1.54) is 0 Å². The molecular weight excluding hydrogens is 332 g/mol. The van der Waals surface area contributed by atoms with Crippen LogP contribution in [0.4, 0.5) is 0 Å². The maximum absolute atomic E-state index is 5.39. The average molecular weight is 347 g/mol. The van der Waals surface area contributed by atoms with Crippen LogP contribution >= 0.6 is 15.9 Å². The van der Waals surface area contributed by atoms with E-state index in [-0.39, 0.29) is 0 Å². The molecule has 0 saturated heterocycles. The van der Waals surface area contributed by atoms with E-state index in [1.807, 2.05) is 43.5 Å². The summed E-state index contributed by atoms with van der Waals surface area (Å²) in [5.74, 6) is 1.42. The van der Waals surface area contributed by atoms with E-state index in [1.54, 1.807) is 14.2 Å². The van der Waals surface area contributed by atoms with E-state index in [0.717, 1.165) is 27.1 Å². The Morgan fingerprint density at radius 2 is 1.81 bits per heavy atom. The van der Waals surface area contributed by atoms with E-state index in [4.69, 9.17) is 9.47 Å². The van der Waals surface area contributed by atoms with Crippen molar-refractivity contribution in [3.05, 3.63) is 46.7 Å². The normalized spacial score (nSPS) is 10.9. The summed E-state index contributed by atoms with van der Waals surface area (Å²) < 4.78 is 13.8. The highest BCUT2D eigenvalue weighted by atomic mass is 79.9. The Bertz CT molecular complexity index is 811. The lowest BCUT2D eigenvalue weighted by molar-refractivity contribution is 0.355. The van der Waals surface area contributed by atoms with E-state index < -0.39 is 0 Å². The highest BCUT2D eigenvalue weighted by molar-refractivity contribution is 9.10. The number of imidazole rings is 1. The molecule has 0 spiro atoms. The smallest absolute Gasteiger partial charge is 0.161 e. The molecule has 5 heteroatoms. The SMILES string of the molecule is COc1ccc(-c2c(C)nc3ccc(Br)cn23)cc1OC. The molecule has 0 bridgehead atoms. The van der Waals surface area contributed by atoms with Crippen molar-refractivity contribution in [2.45, 2.75) is 6.92 Å². The maximum Gasteiger partial charge on any atom is 0.161 e. The fraction of sp³-hybridized carbons (Fsp3) is 0.188. The predicted molar refractivity (Wildman–Crippen MR) is 86.2 cm³/mol. The summed E-state index contributed by atoms with van der Waals surface area (Å²) in [5.41, 5.74) is 3.98. The van der Waals surface area contributed by atoms with Gasteiger partial charge in [-0.05, 0) is 53.2 Å². The third-order valence-corrected chi connectivity index (χ3v) is 3.88. The molecule has 3 aromatic rings. The molecular formula is C16H15BrN2O2. The minimum atomic E-state index is 0.708. The molecule has 0 radical (unpaired) electrons. The van der Waals surface area contributed by atoms with Gasteiger partial charge < -0.3 is 9.47 Å². The molecule has 0 amide bonds. The maximum atomic E-state index is 5.39. The van der Waals surface area contributed by atoms with Crippen LogP contribution in [0, 0.1) is 6.92 Å². The minimum Gasteiger partial charge on any atom is -0.493 e. The summed E-state index contributed by atoms with van der Waals surface area (Å²) in [6.45, 7) is 2.01. The summed E-state index contributed by atoms with van der Waals surface area (Å²) in [6.07, 6.45) is 2.02. The van der Waals surface area contributed by atoms with Crippen LogP contribution in [-0.2, 0) is 0 Å². The zero-order valence-corrected chi connectivity index (χ0v) is 13.6. The van der Waals surface area contributed by atoms with Gasteiger partial charge in [0.2, 0.25) is 0 Å². The fourth-order valence-electron chi connectivity index (χ4n) is 2.47. The van der Waals surface area contributed by atoms with Crippen LogP contribution < -0.4 is 9.47 Å². The Hall–Kier alpha value is -2.01. The van der Waals surface area contributed by atoms with Crippen LogP contribution in [-0.4, -0.2) is 23.6 Å². The Balaban J connectivity index is 2.24. The summed E-state index contributed by atoms with van der Waals surface area (Å²) in [7, 11) is 3.27. The second-order valence-corrected chi connectivity index (χ2v) is 5.61. The van der Waals surface area contributed by atoms with Gasteiger partial charge in [-0.3, -0.25) is 4.40 Å². The van der Waals surface area contributed by atoms with Crippen LogP contribution in [0.15, 0.2) is 41.0 Å². The van der Waals surface area contributed by atoms with Gasteiger partial charge in [-0.1, -0.05) is 0 Å². The first-order chi connectivity index (χ1) is 10.1. The monoisotopic (exact) mass is 346 g/mol. The molecule has 2 aromatic heterocycles. The number of halogens is 1. The summed E-state index contributed by atoms with van der Waals surface area (Å²) in [5, 5.41) is 0. The van der Waals surface area contributed by atoms with Gasteiger partial charge in [0.05, 0.1) is 25.6 Å². The lowest BCUT2D eigenvalue weighted by Gasteiger charge is -2.10. The van der Waals surface area contributed by atoms with Crippen LogP contribution in [0.5, 0.6) is 11.5 Å². The number of pyridine rings is 1. The molecule has 4 nitrogen and oxygen atoms in total. The second kappa shape index (κ2) is 5.41. The van der Waals surface area contributed by atoms with E-state index in [2.05, 4.69) is 25.3 Å². The van der Waals surface area contributed by atoms with E-state index in [9.17, 15) is 0 Å². The van der Waals surface area contributed by atoms with Gasteiger partial charge in [0, 0.05) is 16.2 Å². The first-order valence-corrected chi connectivity index (χ1v) is 7.30. The molecule has 3 rings (SSSR count). The molecule has 108 valence electrons. The van der Waals surface area contributed by atoms with Crippen LogP contribution in [0.25, 0.3) is 16.9 Å². The topological polar surface area (TPSA) is 35.8 Å². The van der Waals surface area contributed by atoms with Crippen molar-refractivity contribution < 1.29 is 9.47 Å². The quantitative estimate of drug-likeness (QED) is 0.716. The standard InChI is InChI=1S/C16H15BrN2O2/c1-10-16(19-9-12(17)5-7-15(19)18-10)11-4-6-13(20-2)14(8-11)21-3/h4-9H,1-3H3. The van der Waals surface area contributed by atoms with Gasteiger partial charge in [0.25, 0.3) is 0 Å². The Morgan fingerprint density at radius 3 is 2.52 bits per heavy atom. The van der Waals surface area contributed by atoms with Crippen LogP contribution in [0.2, 0.25) is 0 Å². The second-order valence-electron chi connectivity index (χ2n) is 4.69. The number of hydrogen-bond donors (Lipinski definition) is 0. The molecule has 1 aromatic carbocycles. The molecule has 21 heavy (non-hydrogen) atoms. The number of fused-ring (bicyclic) bond motifs is 1. The average Bonchev–Trinajstić information content (AvgIpc) is 2.81. The molecule has 0 fully saturated rings. The molecule has 0 aliphatic rings. The van der Waals surface area contributed by atoms with Crippen molar-refractivity contribution >= 4 is 21.6 Å². The molecule has 0 aliphatic heterocycles. The van der Waals surface area contributed by atoms with Crippen molar-refractivity contribution in [3.63, 3.8) is 0 Å². The zero-order valence-electron chi connectivity index (χ0n) is 12.1. The number of aryl methyl sites for hydroxylation is 1. The number of ether oxygens (including phenoxy) is 2. The number of rotatable bonds is 3. The number of aromatic nitrogens is 2. The van der Waals surface area contributed by atoms with Gasteiger partial charge in [0.1, 0.15) is 5.65 Å². The van der Waals surface area contributed by atoms with Crippen molar-refractivity contribution in [3.8, 4) is 22.8 Å². The van der Waals surface area contributed by atoms with Crippen LogP contribution in [0.3, 0.4) is 0 Å². The van der Waals surface area contributed by atoms with E-state index in [0.29, 0.717) is 11.5 Å². The Kier molecular flexibility index (Phi) is 3.59. The number of methoxy groups -OCH3 is 2. The molecule has 0 atom stereocenters. The highest BCUT2D eigenvalue weighted by Gasteiger charge is 2.13. The largest absolute Gasteiger partial charge is 0.493 e. The van der Waals surface area contributed by atoms with Gasteiger partial charge in [-0.15, -0.1) is 0 Å². The minimum absolute atomic E-state index is 0.708. The first-order valence-electron chi connectivity index (χ1n) is 6.50. The van der Waals surface area contributed by atoms with Crippen molar-refractivity contribution in [2.75, 3.05) is 14.2 Å².